The molecule has 102 valence electrons. The standard InChI is InChI=1S/C16H33N/c1-4-6-7-8-9-16(17-5-2)15-12-10-14(3)11-13-15/h14-17H,4-13H2,1-3H3. The predicted molar refractivity (Wildman–Crippen MR) is 77.3 cm³/mol. The average Bonchev–Trinajstić information content (AvgIpc) is 2.34. The van der Waals surface area contributed by atoms with E-state index in [0.29, 0.717) is 0 Å². The van der Waals surface area contributed by atoms with Crippen LogP contribution in [0.5, 0.6) is 0 Å². The van der Waals surface area contributed by atoms with E-state index in [1.54, 1.807) is 0 Å². The van der Waals surface area contributed by atoms with Crippen molar-refractivity contribution in [1.82, 2.24) is 5.32 Å². The quantitative estimate of drug-likeness (QED) is 0.602. The highest BCUT2D eigenvalue weighted by atomic mass is 14.9. The van der Waals surface area contributed by atoms with Crippen LogP contribution in [-0.4, -0.2) is 12.6 Å². The second kappa shape index (κ2) is 8.97. The molecule has 0 spiro atoms. The minimum Gasteiger partial charge on any atom is -0.314 e. The summed E-state index contributed by atoms with van der Waals surface area (Å²) in [4.78, 5) is 0. The molecule has 1 N–H and O–H groups in total. The van der Waals surface area contributed by atoms with Gasteiger partial charge in [0.25, 0.3) is 0 Å². The smallest absolute Gasteiger partial charge is 0.00952 e. The lowest BCUT2D eigenvalue weighted by Crippen LogP contribution is -2.37. The fraction of sp³-hybridized carbons (Fsp3) is 1.00. The van der Waals surface area contributed by atoms with Crippen molar-refractivity contribution in [2.45, 2.75) is 84.6 Å². The second-order valence-electron chi connectivity index (χ2n) is 6.03. The summed E-state index contributed by atoms with van der Waals surface area (Å²) in [7, 11) is 0. The van der Waals surface area contributed by atoms with E-state index in [0.717, 1.165) is 24.4 Å². The molecular formula is C16H33N. The van der Waals surface area contributed by atoms with E-state index in [4.69, 9.17) is 0 Å². The molecule has 0 aromatic heterocycles. The Hall–Kier alpha value is -0.0400. The maximum Gasteiger partial charge on any atom is 0.00952 e. The molecule has 1 atom stereocenters. The SMILES string of the molecule is CCCCCCC(NCC)C1CCC(C)CC1. The molecule has 1 nitrogen and oxygen atoms in total. The molecule has 1 aliphatic rings. The van der Waals surface area contributed by atoms with Crippen molar-refractivity contribution in [3.63, 3.8) is 0 Å². The molecule has 1 fully saturated rings. The van der Waals surface area contributed by atoms with Crippen LogP contribution in [0, 0.1) is 11.8 Å². The molecule has 0 bridgehead atoms. The highest BCUT2D eigenvalue weighted by Gasteiger charge is 2.24. The Morgan fingerprint density at radius 3 is 2.29 bits per heavy atom. The highest BCUT2D eigenvalue weighted by molar-refractivity contribution is 4.80. The first kappa shape index (κ1) is 15.0. The monoisotopic (exact) mass is 239 g/mol. The van der Waals surface area contributed by atoms with Crippen LogP contribution in [0.25, 0.3) is 0 Å². The topological polar surface area (TPSA) is 12.0 Å². The molecule has 0 heterocycles. The molecule has 1 rings (SSSR count). The minimum absolute atomic E-state index is 0.810. The Balaban J connectivity index is 2.26. The van der Waals surface area contributed by atoms with Crippen LogP contribution in [0.4, 0.5) is 0 Å². The molecule has 0 radical (unpaired) electrons. The van der Waals surface area contributed by atoms with Gasteiger partial charge in [-0.15, -0.1) is 0 Å². The van der Waals surface area contributed by atoms with Crippen LogP contribution in [0.1, 0.15) is 78.6 Å². The van der Waals surface area contributed by atoms with Gasteiger partial charge in [0.2, 0.25) is 0 Å². The van der Waals surface area contributed by atoms with Crippen molar-refractivity contribution in [3.05, 3.63) is 0 Å². The summed E-state index contributed by atoms with van der Waals surface area (Å²) in [6, 6.07) is 0.810. The van der Waals surface area contributed by atoms with E-state index in [1.807, 2.05) is 0 Å². The van der Waals surface area contributed by atoms with Crippen LogP contribution in [-0.2, 0) is 0 Å². The predicted octanol–water partition coefficient (Wildman–Crippen LogP) is 4.76. The van der Waals surface area contributed by atoms with Crippen LogP contribution in [0.2, 0.25) is 0 Å². The third-order valence-corrected chi connectivity index (χ3v) is 4.46. The van der Waals surface area contributed by atoms with Crippen molar-refractivity contribution in [1.29, 1.82) is 0 Å². The highest BCUT2D eigenvalue weighted by Crippen LogP contribution is 2.32. The van der Waals surface area contributed by atoms with Gasteiger partial charge in [0.15, 0.2) is 0 Å². The first-order chi connectivity index (χ1) is 8.27. The Bertz CT molecular complexity index is 170. The molecule has 1 unspecified atom stereocenters. The van der Waals surface area contributed by atoms with Gasteiger partial charge in [0.05, 0.1) is 0 Å². The average molecular weight is 239 g/mol. The Labute approximate surface area is 109 Å². The van der Waals surface area contributed by atoms with E-state index >= 15 is 0 Å². The van der Waals surface area contributed by atoms with E-state index < -0.39 is 0 Å². The lowest BCUT2D eigenvalue weighted by molar-refractivity contribution is 0.221. The normalized spacial score (nSPS) is 27.0. The molecule has 1 saturated carbocycles. The third kappa shape index (κ3) is 5.90. The second-order valence-corrected chi connectivity index (χ2v) is 6.03. The number of rotatable bonds is 8. The molecule has 17 heavy (non-hydrogen) atoms. The summed E-state index contributed by atoms with van der Waals surface area (Å²) in [5.41, 5.74) is 0. The molecular weight excluding hydrogens is 206 g/mol. The van der Waals surface area contributed by atoms with E-state index in [9.17, 15) is 0 Å². The molecule has 0 aliphatic heterocycles. The lowest BCUT2D eigenvalue weighted by atomic mass is 9.78. The van der Waals surface area contributed by atoms with Crippen molar-refractivity contribution < 1.29 is 0 Å². The summed E-state index contributed by atoms with van der Waals surface area (Å²) >= 11 is 0. The van der Waals surface area contributed by atoms with E-state index in [2.05, 4.69) is 26.1 Å². The molecule has 0 aromatic carbocycles. The largest absolute Gasteiger partial charge is 0.314 e. The Kier molecular flexibility index (Phi) is 7.92. The van der Waals surface area contributed by atoms with Crippen LogP contribution in [0.3, 0.4) is 0 Å². The molecule has 0 amide bonds. The van der Waals surface area contributed by atoms with Crippen molar-refractivity contribution in [3.8, 4) is 0 Å². The summed E-state index contributed by atoms with van der Waals surface area (Å²) in [6.45, 7) is 8.11. The summed E-state index contributed by atoms with van der Waals surface area (Å²) < 4.78 is 0. The maximum absolute atomic E-state index is 3.74. The van der Waals surface area contributed by atoms with Crippen molar-refractivity contribution >= 4 is 0 Å². The summed E-state index contributed by atoms with van der Waals surface area (Å²) in [5, 5.41) is 3.74. The van der Waals surface area contributed by atoms with Gasteiger partial charge >= 0.3 is 0 Å². The maximum atomic E-state index is 3.74. The molecule has 0 saturated heterocycles. The molecule has 1 aliphatic carbocycles. The van der Waals surface area contributed by atoms with Gasteiger partial charge in [-0.1, -0.05) is 59.3 Å². The minimum atomic E-state index is 0.810. The van der Waals surface area contributed by atoms with Gasteiger partial charge in [-0.25, -0.2) is 0 Å². The molecule has 1 heteroatoms. The number of hydrogen-bond acceptors (Lipinski definition) is 1. The zero-order valence-electron chi connectivity index (χ0n) is 12.3. The van der Waals surface area contributed by atoms with Gasteiger partial charge in [0, 0.05) is 6.04 Å². The lowest BCUT2D eigenvalue weighted by Gasteiger charge is -2.33. The van der Waals surface area contributed by atoms with Crippen LogP contribution in [0.15, 0.2) is 0 Å². The first-order valence-corrected chi connectivity index (χ1v) is 8.01. The first-order valence-electron chi connectivity index (χ1n) is 8.01. The van der Waals surface area contributed by atoms with Crippen LogP contribution < -0.4 is 5.32 Å². The van der Waals surface area contributed by atoms with Gasteiger partial charge in [-0.3, -0.25) is 0 Å². The van der Waals surface area contributed by atoms with Gasteiger partial charge in [-0.2, -0.15) is 0 Å². The zero-order chi connectivity index (χ0) is 12.5. The fourth-order valence-corrected chi connectivity index (χ4v) is 3.25. The fourth-order valence-electron chi connectivity index (χ4n) is 3.25. The van der Waals surface area contributed by atoms with E-state index in [-0.39, 0.29) is 0 Å². The summed E-state index contributed by atoms with van der Waals surface area (Å²) in [5.74, 6) is 1.95. The third-order valence-electron chi connectivity index (χ3n) is 4.46. The zero-order valence-corrected chi connectivity index (χ0v) is 12.3. The number of unbranched alkanes of at least 4 members (excludes halogenated alkanes) is 3. The molecule has 0 aromatic rings. The van der Waals surface area contributed by atoms with Gasteiger partial charge in [0.1, 0.15) is 0 Å². The Morgan fingerprint density at radius 2 is 1.71 bits per heavy atom. The van der Waals surface area contributed by atoms with Gasteiger partial charge < -0.3 is 5.32 Å². The Morgan fingerprint density at radius 1 is 1.00 bits per heavy atom. The van der Waals surface area contributed by atoms with Crippen molar-refractivity contribution in [2.75, 3.05) is 6.54 Å². The van der Waals surface area contributed by atoms with E-state index in [1.165, 1.54) is 57.8 Å². The summed E-state index contributed by atoms with van der Waals surface area (Å²) in [6.07, 6.45) is 12.9. The number of nitrogens with one attached hydrogen (secondary N) is 1. The van der Waals surface area contributed by atoms with Crippen LogP contribution >= 0.6 is 0 Å². The van der Waals surface area contributed by atoms with Crippen molar-refractivity contribution in [2.24, 2.45) is 11.8 Å². The van der Waals surface area contributed by atoms with Gasteiger partial charge in [-0.05, 0) is 37.6 Å². The number of hydrogen-bond donors (Lipinski definition) is 1.